The molecule has 0 spiro atoms. The van der Waals surface area contributed by atoms with Crippen molar-refractivity contribution < 1.29 is 13.5 Å². The van der Waals surface area contributed by atoms with Gasteiger partial charge in [-0.1, -0.05) is 24.3 Å². The zero-order chi connectivity index (χ0) is 12.2. The lowest BCUT2D eigenvalue weighted by molar-refractivity contribution is 0.171. The smallest absolute Gasteiger partial charge is 0.147 e. The number of hydrogen-bond acceptors (Lipinski definition) is 3. The third-order valence-corrected chi connectivity index (χ3v) is 3.52. The molecule has 0 amide bonds. The first-order valence-corrected chi connectivity index (χ1v) is 7.35. The Kier molecular flexibility index (Phi) is 4.50. The zero-order valence-corrected chi connectivity index (χ0v) is 10.5. The molecule has 0 aliphatic carbocycles. The van der Waals surface area contributed by atoms with Crippen LogP contribution in [-0.2, 0) is 16.3 Å². The normalized spacial score (nSPS) is 13.7. The van der Waals surface area contributed by atoms with E-state index in [0.717, 1.165) is 11.1 Å². The van der Waals surface area contributed by atoms with E-state index in [9.17, 15) is 13.5 Å². The number of aryl methyl sites for hydroxylation is 1. The van der Waals surface area contributed by atoms with Crippen molar-refractivity contribution in [2.24, 2.45) is 0 Å². The lowest BCUT2D eigenvalue weighted by atomic mass is 10.0. The van der Waals surface area contributed by atoms with Crippen LogP contribution in [0.25, 0.3) is 0 Å². The second-order valence-electron chi connectivity index (χ2n) is 4.20. The average Bonchev–Trinajstić information content (AvgIpc) is 2.18. The lowest BCUT2D eigenvalue weighted by Gasteiger charge is -2.11. The van der Waals surface area contributed by atoms with E-state index in [2.05, 4.69) is 0 Å². The van der Waals surface area contributed by atoms with E-state index in [-0.39, 0.29) is 5.75 Å². The highest BCUT2D eigenvalue weighted by Crippen LogP contribution is 2.11. The van der Waals surface area contributed by atoms with Crippen LogP contribution in [0.5, 0.6) is 0 Å². The topological polar surface area (TPSA) is 54.4 Å². The summed E-state index contributed by atoms with van der Waals surface area (Å²) in [5.74, 6) is 0.0417. The SMILES string of the molecule is Cc1ccccc1CC(O)CCS(C)(=O)=O. The monoisotopic (exact) mass is 242 g/mol. The molecule has 0 aromatic heterocycles. The Morgan fingerprint density at radius 3 is 2.50 bits per heavy atom. The molecule has 1 N–H and O–H groups in total. The first-order valence-electron chi connectivity index (χ1n) is 5.29. The summed E-state index contributed by atoms with van der Waals surface area (Å²) in [7, 11) is -2.98. The van der Waals surface area contributed by atoms with E-state index in [4.69, 9.17) is 0 Å². The van der Waals surface area contributed by atoms with Crippen LogP contribution in [0.4, 0.5) is 0 Å². The summed E-state index contributed by atoms with van der Waals surface area (Å²) >= 11 is 0. The van der Waals surface area contributed by atoms with E-state index in [1.807, 2.05) is 31.2 Å². The van der Waals surface area contributed by atoms with Crippen molar-refractivity contribution in [3.63, 3.8) is 0 Å². The number of sulfone groups is 1. The fraction of sp³-hybridized carbons (Fsp3) is 0.500. The van der Waals surface area contributed by atoms with Crippen molar-refractivity contribution in [1.29, 1.82) is 0 Å². The van der Waals surface area contributed by atoms with Gasteiger partial charge >= 0.3 is 0 Å². The second-order valence-corrected chi connectivity index (χ2v) is 6.46. The molecule has 1 aromatic rings. The molecule has 0 bridgehead atoms. The van der Waals surface area contributed by atoms with Gasteiger partial charge in [-0.25, -0.2) is 8.42 Å². The average molecular weight is 242 g/mol. The van der Waals surface area contributed by atoms with E-state index >= 15 is 0 Å². The molecule has 1 unspecified atom stereocenters. The minimum Gasteiger partial charge on any atom is -0.393 e. The Balaban J connectivity index is 2.52. The van der Waals surface area contributed by atoms with E-state index < -0.39 is 15.9 Å². The molecule has 1 aromatic carbocycles. The fourth-order valence-electron chi connectivity index (χ4n) is 1.55. The maximum atomic E-state index is 10.9. The van der Waals surface area contributed by atoms with Crippen molar-refractivity contribution >= 4 is 9.84 Å². The highest BCUT2D eigenvalue weighted by Gasteiger charge is 2.10. The van der Waals surface area contributed by atoms with Crippen LogP contribution < -0.4 is 0 Å². The Hall–Kier alpha value is -0.870. The third-order valence-electron chi connectivity index (χ3n) is 2.54. The van der Waals surface area contributed by atoms with Gasteiger partial charge in [0, 0.05) is 6.26 Å². The molecule has 1 atom stereocenters. The van der Waals surface area contributed by atoms with Crippen molar-refractivity contribution in [2.45, 2.75) is 25.9 Å². The lowest BCUT2D eigenvalue weighted by Crippen LogP contribution is -2.16. The predicted molar refractivity (Wildman–Crippen MR) is 65.2 cm³/mol. The molecular weight excluding hydrogens is 224 g/mol. The van der Waals surface area contributed by atoms with Gasteiger partial charge in [-0.2, -0.15) is 0 Å². The third kappa shape index (κ3) is 4.77. The van der Waals surface area contributed by atoms with Gasteiger partial charge < -0.3 is 5.11 Å². The molecule has 0 radical (unpaired) electrons. The van der Waals surface area contributed by atoms with Crippen LogP contribution in [-0.4, -0.2) is 31.6 Å². The second kappa shape index (κ2) is 5.46. The van der Waals surface area contributed by atoms with Crippen LogP contribution in [0.1, 0.15) is 17.5 Å². The maximum absolute atomic E-state index is 10.9. The minimum atomic E-state index is -2.98. The van der Waals surface area contributed by atoms with Crippen LogP contribution in [0.2, 0.25) is 0 Å². The molecular formula is C12H18O3S. The van der Waals surface area contributed by atoms with Crippen molar-refractivity contribution in [3.8, 4) is 0 Å². The molecule has 0 saturated carbocycles. The summed E-state index contributed by atoms with van der Waals surface area (Å²) in [5, 5.41) is 9.73. The minimum absolute atomic E-state index is 0.0417. The summed E-state index contributed by atoms with van der Waals surface area (Å²) < 4.78 is 21.9. The molecule has 0 saturated heterocycles. The van der Waals surface area contributed by atoms with Gasteiger partial charge in [0.25, 0.3) is 0 Å². The molecule has 0 fully saturated rings. The van der Waals surface area contributed by atoms with Crippen LogP contribution in [0.15, 0.2) is 24.3 Å². The van der Waals surface area contributed by atoms with Crippen molar-refractivity contribution in [2.75, 3.05) is 12.0 Å². The largest absolute Gasteiger partial charge is 0.393 e. The number of rotatable bonds is 5. The number of aliphatic hydroxyl groups excluding tert-OH is 1. The highest BCUT2D eigenvalue weighted by molar-refractivity contribution is 7.90. The molecule has 0 aliphatic rings. The van der Waals surface area contributed by atoms with Crippen molar-refractivity contribution in [3.05, 3.63) is 35.4 Å². The van der Waals surface area contributed by atoms with E-state index in [0.29, 0.717) is 12.8 Å². The van der Waals surface area contributed by atoms with Gasteiger partial charge in [-0.3, -0.25) is 0 Å². The van der Waals surface area contributed by atoms with Gasteiger partial charge in [0.15, 0.2) is 0 Å². The molecule has 1 rings (SSSR count). The quantitative estimate of drug-likeness (QED) is 0.847. The van der Waals surface area contributed by atoms with Gasteiger partial charge in [-0.05, 0) is 30.9 Å². The predicted octanol–water partition coefficient (Wildman–Crippen LogP) is 1.33. The van der Waals surface area contributed by atoms with E-state index in [1.165, 1.54) is 6.26 Å². The first kappa shape index (κ1) is 13.2. The zero-order valence-electron chi connectivity index (χ0n) is 9.68. The van der Waals surface area contributed by atoms with Gasteiger partial charge in [0.2, 0.25) is 0 Å². The number of benzene rings is 1. The summed E-state index contributed by atoms with van der Waals surface area (Å²) in [6.45, 7) is 1.98. The highest BCUT2D eigenvalue weighted by atomic mass is 32.2. The summed E-state index contributed by atoms with van der Waals surface area (Å²) in [4.78, 5) is 0. The van der Waals surface area contributed by atoms with Gasteiger partial charge in [0.05, 0.1) is 11.9 Å². The molecule has 0 aliphatic heterocycles. The van der Waals surface area contributed by atoms with Crippen molar-refractivity contribution in [1.82, 2.24) is 0 Å². The number of aliphatic hydroxyl groups is 1. The van der Waals surface area contributed by atoms with Crippen LogP contribution >= 0.6 is 0 Å². The Morgan fingerprint density at radius 1 is 1.31 bits per heavy atom. The summed E-state index contributed by atoms with van der Waals surface area (Å²) in [6.07, 6.45) is 1.42. The fourth-order valence-corrected chi connectivity index (χ4v) is 2.25. The summed E-state index contributed by atoms with van der Waals surface area (Å²) in [6, 6.07) is 7.81. The first-order chi connectivity index (χ1) is 7.38. The van der Waals surface area contributed by atoms with Crippen LogP contribution in [0.3, 0.4) is 0 Å². The Bertz CT molecular complexity index is 437. The maximum Gasteiger partial charge on any atom is 0.147 e. The molecule has 3 nitrogen and oxygen atoms in total. The molecule has 90 valence electrons. The standard InChI is InChI=1S/C12H18O3S/c1-10-5-3-4-6-11(10)9-12(13)7-8-16(2,14)15/h3-6,12-13H,7-9H2,1-2H3. The molecule has 0 heterocycles. The Labute approximate surface area is 97.0 Å². The summed E-state index contributed by atoms with van der Waals surface area (Å²) in [5.41, 5.74) is 2.20. The molecule has 16 heavy (non-hydrogen) atoms. The number of hydrogen-bond donors (Lipinski definition) is 1. The van der Waals surface area contributed by atoms with Crippen LogP contribution in [0, 0.1) is 6.92 Å². The van der Waals surface area contributed by atoms with Gasteiger partial charge in [0.1, 0.15) is 9.84 Å². The Morgan fingerprint density at radius 2 is 1.94 bits per heavy atom. The van der Waals surface area contributed by atoms with E-state index in [1.54, 1.807) is 0 Å². The van der Waals surface area contributed by atoms with Gasteiger partial charge in [-0.15, -0.1) is 0 Å². The molecule has 4 heteroatoms.